The molecule has 1 aliphatic carbocycles. The normalized spacial score (nSPS) is 13.6. The lowest BCUT2D eigenvalue weighted by Gasteiger charge is -2.09. The van der Waals surface area contributed by atoms with Crippen molar-refractivity contribution in [1.29, 1.82) is 0 Å². The molecule has 2 aromatic heterocycles. The molecule has 7 heteroatoms. The Morgan fingerprint density at radius 2 is 2.11 bits per heavy atom. The van der Waals surface area contributed by atoms with Gasteiger partial charge in [0.1, 0.15) is 0 Å². The number of aromatic nitrogens is 3. The Bertz CT molecular complexity index is 982. The summed E-state index contributed by atoms with van der Waals surface area (Å²) in [6, 6.07) is 9.68. The summed E-state index contributed by atoms with van der Waals surface area (Å²) in [6.45, 7) is 4.02. The first-order chi connectivity index (χ1) is 13.1. The van der Waals surface area contributed by atoms with E-state index in [2.05, 4.69) is 20.4 Å². The summed E-state index contributed by atoms with van der Waals surface area (Å²) in [5, 5.41) is 7.74. The Hall–Kier alpha value is -2.67. The number of thioether (sulfide) groups is 1. The van der Waals surface area contributed by atoms with E-state index in [1.54, 1.807) is 6.20 Å². The molecule has 1 aromatic carbocycles. The summed E-state index contributed by atoms with van der Waals surface area (Å²) >= 11 is 1.38. The molecule has 1 amide bonds. The number of rotatable bonds is 6. The number of carbonyl (C=O) groups excluding carboxylic acids is 1. The van der Waals surface area contributed by atoms with Gasteiger partial charge < -0.3 is 9.84 Å². The molecule has 0 spiro atoms. The number of carbonyl (C=O) groups is 1. The maximum absolute atomic E-state index is 12.3. The van der Waals surface area contributed by atoms with Crippen LogP contribution in [0.4, 0.5) is 5.69 Å². The predicted molar refractivity (Wildman–Crippen MR) is 105 cm³/mol. The molecule has 3 aromatic rings. The number of nitrogens with one attached hydrogen (secondary N) is 1. The first-order valence-electron chi connectivity index (χ1n) is 8.88. The summed E-state index contributed by atoms with van der Waals surface area (Å²) in [6.07, 6.45) is 3.96. The van der Waals surface area contributed by atoms with Gasteiger partial charge in [-0.15, -0.1) is 0 Å². The Morgan fingerprint density at radius 3 is 2.89 bits per heavy atom. The summed E-state index contributed by atoms with van der Waals surface area (Å²) in [7, 11) is 0. The second-order valence-corrected chi connectivity index (χ2v) is 7.77. The first kappa shape index (κ1) is 17.7. The van der Waals surface area contributed by atoms with Crippen LogP contribution >= 0.6 is 11.8 Å². The molecule has 138 valence electrons. The third-order valence-corrected chi connectivity index (χ3v) is 5.30. The van der Waals surface area contributed by atoms with E-state index in [4.69, 9.17) is 4.52 Å². The molecule has 0 saturated heterocycles. The van der Waals surface area contributed by atoms with Crippen molar-refractivity contribution < 1.29 is 9.32 Å². The number of benzene rings is 1. The van der Waals surface area contributed by atoms with Crippen molar-refractivity contribution >= 4 is 23.4 Å². The van der Waals surface area contributed by atoms with Gasteiger partial charge in [-0.1, -0.05) is 34.6 Å². The number of anilines is 1. The van der Waals surface area contributed by atoms with Gasteiger partial charge in [0, 0.05) is 23.4 Å². The molecule has 1 fully saturated rings. The topological polar surface area (TPSA) is 80.9 Å². The molecule has 0 bridgehead atoms. The summed E-state index contributed by atoms with van der Waals surface area (Å²) in [5.74, 6) is 1.95. The molecule has 0 aliphatic heterocycles. The zero-order chi connectivity index (χ0) is 18.8. The van der Waals surface area contributed by atoms with E-state index in [1.165, 1.54) is 17.3 Å². The standard InChI is InChI=1S/C20H20N4O2S/c1-12-3-6-16(13(2)9-12)22-17(25)11-27-18-10-15(7-8-21-18)20-23-19(24-26-20)14-4-5-14/h3,6-10,14H,4-5,11H2,1-2H3,(H,22,25). The SMILES string of the molecule is Cc1ccc(NC(=O)CSc2cc(-c3nc(C4CC4)no3)ccn2)c(C)c1. The molecular formula is C20H20N4O2S. The number of nitrogens with zero attached hydrogens (tertiary/aromatic N) is 3. The van der Waals surface area contributed by atoms with E-state index in [0.717, 1.165) is 40.5 Å². The fourth-order valence-corrected chi connectivity index (χ4v) is 3.46. The molecule has 1 aliphatic rings. The largest absolute Gasteiger partial charge is 0.334 e. The molecule has 0 unspecified atom stereocenters. The third-order valence-electron chi connectivity index (χ3n) is 4.37. The van der Waals surface area contributed by atoms with Crippen LogP contribution in [-0.4, -0.2) is 26.8 Å². The summed E-state index contributed by atoms with van der Waals surface area (Å²) < 4.78 is 5.36. The van der Waals surface area contributed by atoms with Crippen LogP contribution in [0.3, 0.4) is 0 Å². The van der Waals surface area contributed by atoms with Crippen LogP contribution in [0.2, 0.25) is 0 Å². The van der Waals surface area contributed by atoms with Gasteiger partial charge in [0.15, 0.2) is 5.82 Å². The Balaban J connectivity index is 1.38. The number of hydrogen-bond donors (Lipinski definition) is 1. The van der Waals surface area contributed by atoms with Crippen molar-refractivity contribution in [3.05, 3.63) is 53.5 Å². The second-order valence-electron chi connectivity index (χ2n) is 6.77. The number of aryl methyl sites for hydroxylation is 2. The van der Waals surface area contributed by atoms with E-state index < -0.39 is 0 Å². The minimum atomic E-state index is -0.0621. The summed E-state index contributed by atoms with van der Waals surface area (Å²) in [5.41, 5.74) is 3.89. The number of pyridine rings is 1. The van der Waals surface area contributed by atoms with Crippen molar-refractivity contribution in [2.75, 3.05) is 11.1 Å². The highest BCUT2D eigenvalue weighted by atomic mass is 32.2. The lowest BCUT2D eigenvalue weighted by atomic mass is 10.1. The molecule has 0 atom stereocenters. The van der Waals surface area contributed by atoms with Gasteiger partial charge in [-0.05, 0) is 50.5 Å². The zero-order valence-corrected chi connectivity index (χ0v) is 16.0. The predicted octanol–water partition coefficient (Wildman–Crippen LogP) is 4.36. The average Bonchev–Trinajstić information content (AvgIpc) is 3.39. The molecule has 6 nitrogen and oxygen atoms in total. The zero-order valence-electron chi connectivity index (χ0n) is 15.2. The van der Waals surface area contributed by atoms with Crippen molar-refractivity contribution in [2.24, 2.45) is 0 Å². The highest BCUT2D eigenvalue weighted by molar-refractivity contribution is 7.99. The molecule has 1 saturated carbocycles. The maximum Gasteiger partial charge on any atom is 0.258 e. The Kier molecular flexibility index (Phi) is 4.94. The van der Waals surface area contributed by atoms with E-state index in [0.29, 0.717) is 11.8 Å². The fourth-order valence-electron chi connectivity index (χ4n) is 2.76. The van der Waals surface area contributed by atoms with Crippen molar-refractivity contribution in [2.45, 2.75) is 37.6 Å². The second kappa shape index (κ2) is 7.52. The first-order valence-corrected chi connectivity index (χ1v) is 9.87. The van der Waals surface area contributed by atoms with E-state index in [9.17, 15) is 4.79 Å². The van der Waals surface area contributed by atoms with Crippen LogP contribution in [0.15, 0.2) is 46.1 Å². The van der Waals surface area contributed by atoms with Gasteiger partial charge in [0.25, 0.3) is 5.89 Å². The van der Waals surface area contributed by atoms with Crippen LogP contribution in [0.25, 0.3) is 11.5 Å². The van der Waals surface area contributed by atoms with Gasteiger partial charge >= 0.3 is 0 Å². The average molecular weight is 380 g/mol. The van der Waals surface area contributed by atoms with Gasteiger partial charge in [-0.2, -0.15) is 4.98 Å². The lowest BCUT2D eigenvalue weighted by molar-refractivity contribution is -0.113. The Labute approximate surface area is 161 Å². The minimum Gasteiger partial charge on any atom is -0.334 e. The molecule has 2 heterocycles. The summed E-state index contributed by atoms with van der Waals surface area (Å²) in [4.78, 5) is 21.0. The highest BCUT2D eigenvalue weighted by Crippen LogP contribution is 2.39. The molecular weight excluding hydrogens is 360 g/mol. The van der Waals surface area contributed by atoms with Crippen LogP contribution in [0, 0.1) is 13.8 Å². The number of amides is 1. The number of hydrogen-bond acceptors (Lipinski definition) is 6. The fraction of sp³-hybridized carbons (Fsp3) is 0.300. The van der Waals surface area contributed by atoms with E-state index in [1.807, 2.05) is 44.2 Å². The molecule has 4 rings (SSSR count). The Morgan fingerprint density at radius 1 is 1.26 bits per heavy atom. The molecule has 27 heavy (non-hydrogen) atoms. The van der Waals surface area contributed by atoms with Gasteiger partial charge in [0.2, 0.25) is 5.91 Å². The monoisotopic (exact) mass is 380 g/mol. The van der Waals surface area contributed by atoms with Gasteiger partial charge in [-0.3, -0.25) is 4.79 Å². The quantitative estimate of drug-likeness (QED) is 0.640. The van der Waals surface area contributed by atoms with Crippen LogP contribution < -0.4 is 5.32 Å². The van der Waals surface area contributed by atoms with E-state index >= 15 is 0 Å². The van der Waals surface area contributed by atoms with Crippen LogP contribution in [0.1, 0.15) is 35.7 Å². The minimum absolute atomic E-state index is 0.0621. The highest BCUT2D eigenvalue weighted by Gasteiger charge is 2.29. The van der Waals surface area contributed by atoms with Gasteiger partial charge in [-0.25, -0.2) is 4.98 Å². The van der Waals surface area contributed by atoms with Gasteiger partial charge in [0.05, 0.1) is 10.8 Å². The maximum atomic E-state index is 12.3. The molecule has 0 radical (unpaired) electrons. The van der Waals surface area contributed by atoms with Crippen molar-refractivity contribution in [3.63, 3.8) is 0 Å². The van der Waals surface area contributed by atoms with Crippen LogP contribution in [0.5, 0.6) is 0 Å². The third kappa shape index (κ3) is 4.36. The van der Waals surface area contributed by atoms with Crippen molar-refractivity contribution in [1.82, 2.24) is 15.1 Å². The van der Waals surface area contributed by atoms with E-state index in [-0.39, 0.29) is 11.7 Å². The van der Waals surface area contributed by atoms with Crippen LogP contribution in [-0.2, 0) is 4.79 Å². The molecule has 1 N–H and O–H groups in total. The lowest BCUT2D eigenvalue weighted by Crippen LogP contribution is -2.15. The van der Waals surface area contributed by atoms with Crippen molar-refractivity contribution in [3.8, 4) is 11.5 Å². The smallest absolute Gasteiger partial charge is 0.258 e.